The van der Waals surface area contributed by atoms with Crippen LogP contribution in [0.2, 0.25) is 0 Å². The Morgan fingerprint density at radius 2 is 1.60 bits per heavy atom. The number of nitrogens with zero attached hydrogens (tertiary/aromatic N) is 2. The average Bonchev–Trinajstić information content (AvgIpc) is 2.94. The van der Waals surface area contributed by atoms with Gasteiger partial charge in [-0.15, -0.1) is 0 Å². The maximum atomic E-state index is 12.2. The quantitative estimate of drug-likeness (QED) is 0.394. The third-order valence-electron chi connectivity index (χ3n) is 4.57. The fraction of sp³-hybridized carbons (Fsp3) is 0.789. The second-order valence-corrected chi connectivity index (χ2v) is 6.96. The van der Waals surface area contributed by atoms with Crippen molar-refractivity contribution in [2.24, 2.45) is 0 Å². The number of hydrogen-bond donors (Lipinski definition) is 2. The topological polar surface area (TPSA) is 61.4 Å². The smallest absolute Gasteiger partial charge is 0.275 e. The van der Waals surface area contributed by atoms with E-state index in [1.54, 1.807) is 0 Å². The average molecular weight is 354 g/mol. The zero-order valence-electron chi connectivity index (χ0n) is 16.4. The van der Waals surface area contributed by atoms with Crippen LogP contribution < -0.4 is 10.6 Å². The fourth-order valence-corrected chi connectivity index (χ4v) is 3.31. The number of nitrogens with one attached hydrogen (secondary N) is 2. The first-order valence-corrected chi connectivity index (χ1v) is 9.87. The summed E-state index contributed by atoms with van der Waals surface area (Å²) in [6.45, 7) is 9.85. The summed E-state index contributed by atoms with van der Waals surface area (Å²) < 4.78 is 0.624. The van der Waals surface area contributed by atoms with E-state index in [2.05, 4.69) is 23.8 Å². The SMILES string of the molecule is CCCCCCCC[N+]1(CC(=O)NCC)C=CN(CC(=O)NCC)C1. The minimum Gasteiger partial charge on any atom is -0.355 e. The Kier molecular flexibility index (Phi) is 10.2. The first-order chi connectivity index (χ1) is 12.0. The lowest BCUT2D eigenvalue weighted by atomic mass is 10.1. The van der Waals surface area contributed by atoms with Gasteiger partial charge >= 0.3 is 0 Å². The van der Waals surface area contributed by atoms with E-state index >= 15 is 0 Å². The molecule has 1 atom stereocenters. The van der Waals surface area contributed by atoms with Crippen molar-refractivity contribution < 1.29 is 14.1 Å². The van der Waals surface area contributed by atoms with Gasteiger partial charge in [-0.2, -0.15) is 0 Å². The molecule has 0 saturated heterocycles. The highest BCUT2D eigenvalue weighted by Crippen LogP contribution is 2.20. The van der Waals surface area contributed by atoms with Gasteiger partial charge in [0, 0.05) is 13.1 Å². The lowest BCUT2D eigenvalue weighted by molar-refractivity contribution is -0.873. The molecule has 0 aromatic rings. The van der Waals surface area contributed by atoms with Crippen LogP contribution in [0, 0.1) is 0 Å². The zero-order chi connectivity index (χ0) is 18.5. The fourth-order valence-electron chi connectivity index (χ4n) is 3.31. The van der Waals surface area contributed by atoms with Gasteiger partial charge in [0.15, 0.2) is 13.2 Å². The first-order valence-electron chi connectivity index (χ1n) is 9.87. The Morgan fingerprint density at radius 1 is 0.960 bits per heavy atom. The van der Waals surface area contributed by atoms with Gasteiger partial charge in [0.05, 0.1) is 12.7 Å². The molecule has 0 spiro atoms. The van der Waals surface area contributed by atoms with Crippen LogP contribution in [-0.4, -0.2) is 60.6 Å². The highest BCUT2D eigenvalue weighted by Gasteiger charge is 2.34. The van der Waals surface area contributed by atoms with Gasteiger partial charge in [0.1, 0.15) is 12.7 Å². The number of unbranched alkanes of at least 4 members (excludes halogenated alkanes) is 5. The Morgan fingerprint density at radius 3 is 2.28 bits per heavy atom. The molecule has 0 radical (unpaired) electrons. The van der Waals surface area contributed by atoms with Gasteiger partial charge in [-0.25, -0.2) is 0 Å². The van der Waals surface area contributed by atoms with Crippen LogP contribution >= 0.6 is 0 Å². The lowest BCUT2D eigenvalue weighted by Gasteiger charge is -2.32. The molecule has 1 unspecified atom stereocenters. The van der Waals surface area contributed by atoms with Crippen LogP contribution in [0.3, 0.4) is 0 Å². The predicted molar refractivity (Wildman–Crippen MR) is 101 cm³/mol. The molecule has 2 N–H and O–H groups in total. The summed E-state index contributed by atoms with van der Waals surface area (Å²) in [5.41, 5.74) is 0. The van der Waals surface area contributed by atoms with Gasteiger partial charge in [0.2, 0.25) is 5.91 Å². The van der Waals surface area contributed by atoms with Gasteiger partial charge in [-0.1, -0.05) is 32.6 Å². The molecule has 0 aromatic heterocycles. The van der Waals surface area contributed by atoms with Crippen LogP contribution in [-0.2, 0) is 9.59 Å². The molecule has 1 heterocycles. The van der Waals surface area contributed by atoms with E-state index in [0.29, 0.717) is 37.3 Å². The van der Waals surface area contributed by atoms with Crippen molar-refractivity contribution in [1.29, 1.82) is 0 Å². The van der Waals surface area contributed by atoms with Crippen LogP contribution in [0.1, 0.15) is 59.3 Å². The minimum absolute atomic E-state index is 0.0322. The normalized spacial score (nSPS) is 19.2. The third kappa shape index (κ3) is 8.38. The zero-order valence-corrected chi connectivity index (χ0v) is 16.4. The van der Waals surface area contributed by atoms with E-state index in [4.69, 9.17) is 0 Å². The third-order valence-corrected chi connectivity index (χ3v) is 4.57. The Balaban J connectivity index is 2.54. The number of hydrogen-bond acceptors (Lipinski definition) is 3. The van der Waals surface area contributed by atoms with Crippen molar-refractivity contribution in [2.45, 2.75) is 59.3 Å². The summed E-state index contributed by atoms with van der Waals surface area (Å²) in [5.74, 6) is 0.114. The number of likely N-dealkylation sites (N-methyl/N-ethyl adjacent to an activating group) is 2. The van der Waals surface area contributed by atoms with Gasteiger partial charge < -0.3 is 15.5 Å². The van der Waals surface area contributed by atoms with Crippen LogP contribution in [0.4, 0.5) is 0 Å². The molecule has 6 heteroatoms. The largest absolute Gasteiger partial charge is 0.355 e. The monoisotopic (exact) mass is 353 g/mol. The summed E-state index contributed by atoms with van der Waals surface area (Å²) in [4.78, 5) is 26.0. The van der Waals surface area contributed by atoms with E-state index in [-0.39, 0.29) is 11.8 Å². The van der Waals surface area contributed by atoms with Crippen molar-refractivity contribution >= 4 is 11.8 Å². The molecule has 6 nitrogen and oxygen atoms in total. The van der Waals surface area contributed by atoms with Gasteiger partial charge in [0.25, 0.3) is 5.91 Å². The summed E-state index contributed by atoms with van der Waals surface area (Å²) in [5, 5.41) is 5.74. The molecule has 1 aliphatic rings. The maximum Gasteiger partial charge on any atom is 0.275 e. The maximum absolute atomic E-state index is 12.2. The highest BCUT2D eigenvalue weighted by molar-refractivity contribution is 5.78. The molecule has 0 bridgehead atoms. The summed E-state index contributed by atoms with van der Waals surface area (Å²) in [6.07, 6.45) is 11.5. The molecular weight excluding hydrogens is 316 g/mol. The molecule has 0 aliphatic carbocycles. The van der Waals surface area contributed by atoms with E-state index in [1.165, 1.54) is 32.1 Å². The van der Waals surface area contributed by atoms with Crippen molar-refractivity contribution in [3.8, 4) is 0 Å². The molecule has 25 heavy (non-hydrogen) atoms. The van der Waals surface area contributed by atoms with E-state index in [9.17, 15) is 9.59 Å². The van der Waals surface area contributed by atoms with Crippen molar-refractivity contribution in [3.05, 3.63) is 12.4 Å². The Bertz CT molecular complexity index is 439. The summed E-state index contributed by atoms with van der Waals surface area (Å²) in [6, 6.07) is 0. The lowest BCUT2D eigenvalue weighted by Crippen LogP contribution is -2.52. The summed E-state index contributed by atoms with van der Waals surface area (Å²) in [7, 11) is 0. The number of carbonyl (C=O) groups excluding carboxylic acids is 2. The molecule has 0 aromatic carbocycles. The number of carbonyl (C=O) groups is 2. The molecule has 1 aliphatic heterocycles. The Hall–Kier alpha value is -1.56. The van der Waals surface area contributed by atoms with Crippen molar-refractivity contribution in [1.82, 2.24) is 15.5 Å². The predicted octanol–water partition coefficient (Wildman–Crippen LogP) is 2.18. The standard InChI is InChI=1S/C19H36N4O2/c1-4-7-8-9-10-11-13-23(16-19(25)21-6-3)14-12-22(17-23)15-18(24)20-5-2/h12,14H,4-11,13,15-17H2,1-3H3,(H-,20,21,24,25)/p+1. The van der Waals surface area contributed by atoms with Gasteiger partial charge in [-0.3, -0.25) is 14.1 Å². The van der Waals surface area contributed by atoms with E-state index < -0.39 is 0 Å². The number of quaternary nitrogens is 1. The Labute approximate surface area is 153 Å². The van der Waals surface area contributed by atoms with Gasteiger partial charge in [-0.05, 0) is 26.7 Å². The second kappa shape index (κ2) is 11.9. The first kappa shape index (κ1) is 21.5. The molecule has 144 valence electrons. The van der Waals surface area contributed by atoms with Crippen LogP contribution in [0.15, 0.2) is 12.4 Å². The molecule has 1 rings (SSSR count). The van der Waals surface area contributed by atoms with E-state index in [1.807, 2.05) is 24.9 Å². The molecular formula is C19H37N4O2+. The number of rotatable bonds is 13. The minimum atomic E-state index is 0.0322. The second-order valence-electron chi connectivity index (χ2n) is 6.96. The molecule has 0 fully saturated rings. The number of amides is 2. The molecule has 0 saturated carbocycles. The highest BCUT2D eigenvalue weighted by atomic mass is 16.2. The van der Waals surface area contributed by atoms with Crippen LogP contribution in [0.25, 0.3) is 0 Å². The van der Waals surface area contributed by atoms with Crippen molar-refractivity contribution in [2.75, 3.05) is 39.4 Å². The molecule has 2 amide bonds. The van der Waals surface area contributed by atoms with Crippen molar-refractivity contribution in [3.63, 3.8) is 0 Å². The van der Waals surface area contributed by atoms with Crippen LogP contribution in [0.5, 0.6) is 0 Å². The van der Waals surface area contributed by atoms with E-state index in [0.717, 1.165) is 13.0 Å². The summed E-state index contributed by atoms with van der Waals surface area (Å²) >= 11 is 0.